The van der Waals surface area contributed by atoms with Gasteiger partial charge in [-0.25, -0.2) is 9.48 Å². The third kappa shape index (κ3) is 4.67. The Morgan fingerprint density at radius 3 is 2.93 bits per heavy atom. The first-order chi connectivity index (χ1) is 14.2. The maximum Gasteiger partial charge on any atom is 0.317 e. The Labute approximate surface area is 171 Å². The van der Waals surface area contributed by atoms with Gasteiger partial charge in [-0.1, -0.05) is 18.2 Å². The van der Waals surface area contributed by atoms with Crippen molar-refractivity contribution in [1.82, 2.24) is 29.8 Å². The molecule has 0 radical (unpaired) electrons. The van der Waals surface area contributed by atoms with Gasteiger partial charge in [0.05, 0.1) is 11.9 Å². The number of para-hydroxylation sites is 1. The Kier molecular flexibility index (Phi) is 5.93. The van der Waals surface area contributed by atoms with Crippen LogP contribution in [0.1, 0.15) is 36.8 Å². The van der Waals surface area contributed by atoms with Crippen LogP contribution >= 0.6 is 0 Å². The van der Waals surface area contributed by atoms with Gasteiger partial charge in [0.15, 0.2) is 0 Å². The van der Waals surface area contributed by atoms with E-state index in [1.165, 1.54) is 12.0 Å². The summed E-state index contributed by atoms with van der Waals surface area (Å²) in [7, 11) is 0. The molecule has 1 N–H and O–H groups in total. The van der Waals surface area contributed by atoms with Crippen LogP contribution in [0.25, 0.3) is 5.69 Å². The zero-order valence-corrected chi connectivity index (χ0v) is 16.9. The summed E-state index contributed by atoms with van der Waals surface area (Å²) in [5.41, 5.74) is 3.21. The summed E-state index contributed by atoms with van der Waals surface area (Å²) >= 11 is 0. The minimum absolute atomic E-state index is 0.0128. The van der Waals surface area contributed by atoms with Crippen LogP contribution in [0.3, 0.4) is 0 Å². The number of rotatable bonds is 6. The molecular weight excluding hydrogens is 364 g/mol. The van der Waals surface area contributed by atoms with Gasteiger partial charge in [0.2, 0.25) is 0 Å². The quantitative estimate of drug-likeness (QED) is 0.698. The first kappa shape index (κ1) is 19.2. The third-order valence-electron chi connectivity index (χ3n) is 5.58. The maximum absolute atomic E-state index is 12.8. The smallest absolute Gasteiger partial charge is 0.317 e. The summed E-state index contributed by atoms with van der Waals surface area (Å²) in [6.45, 7) is 4.20. The number of hydrogen-bond donors (Lipinski definition) is 1. The number of piperidine rings is 1. The van der Waals surface area contributed by atoms with E-state index in [1.54, 1.807) is 6.20 Å². The van der Waals surface area contributed by atoms with Crippen molar-refractivity contribution in [3.8, 4) is 5.69 Å². The monoisotopic (exact) mass is 392 g/mol. The van der Waals surface area contributed by atoms with Gasteiger partial charge >= 0.3 is 6.03 Å². The number of nitrogens with zero attached hydrogens (tertiary/aromatic N) is 5. The Bertz CT molecular complexity index is 932. The zero-order chi connectivity index (χ0) is 20.1. The molecule has 2 aromatic heterocycles. The highest BCUT2D eigenvalue weighted by Gasteiger charge is 2.26. The molecule has 3 aromatic rings. The van der Waals surface area contributed by atoms with E-state index in [1.807, 2.05) is 57.1 Å². The van der Waals surface area contributed by atoms with E-state index in [4.69, 9.17) is 0 Å². The molecule has 4 rings (SSSR count). The van der Waals surface area contributed by atoms with Gasteiger partial charge in [-0.05, 0) is 50.3 Å². The lowest BCUT2D eigenvalue weighted by molar-refractivity contribution is 0.143. The van der Waals surface area contributed by atoms with Crippen molar-refractivity contribution in [3.05, 3.63) is 66.2 Å². The summed E-state index contributed by atoms with van der Waals surface area (Å²) in [5, 5.41) is 11.8. The number of urea groups is 1. The Hall–Kier alpha value is -3.09. The molecule has 152 valence electrons. The van der Waals surface area contributed by atoms with Gasteiger partial charge in [-0.2, -0.15) is 10.2 Å². The number of benzene rings is 1. The van der Waals surface area contributed by atoms with Crippen molar-refractivity contribution in [1.29, 1.82) is 0 Å². The molecule has 1 aliphatic rings. The Morgan fingerprint density at radius 1 is 1.21 bits per heavy atom. The van der Waals surface area contributed by atoms with Gasteiger partial charge in [0.25, 0.3) is 0 Å². The second-order valence-corrected chi connectivity index (χ2v) is 7.64. The molecule has 1 fully saturated rings. The van der Waals surface area contributed by atoms with E-state index >= 15 is 0 Å². The normalized spacial score (nSPS) is 16.7. The molecule has 0 bridgehead atoms. The standard InChI is InChI=1S/C22H28N6O/c1-18-7-2-3-9-21(18)28-17-19(16-25-28)15-23-22(29)27-13-5-4-8-20(27)10-14-26-12-6-11-24-26/h2-3,6-7,9,11-12,16-17,20H,4-5,8,10,13-15H2,1H3,(H,23,29)/t20-/m1/s1. The predicted octanol–water partition coefficient (Wildman–Crippen LogP) is 3.53. The van der Waals surface area contributed by atoms with Gasteiger partial charge in [0.1, 0.15) is 0 Å². The lowest BCUT2D eigenvalue weighted by Gasteiger charge is -2.35. The fourth-order valence-corrected chi connectivity index (χ4v) is 3.96. The lowest BCUT2D eigenvalue weighted by Crippen LogP contribution is -2.48. The van der Waals surface area contributed by atoms with Crippen LogP contribution in [0.15, 0.2) is 55.1 Å². The molecule has 1 aliphatic heterocycles. The van der Waals surface area contributed by atoms with Crippen molar-refractivity contribution in [3.63, 3.8) is 0 Å². The number of hydrogen-bond acceptors (Lipinski definition) is 3. The molecule has 1 atom stereocenters. The Morgan fingerprint density at radius 2 is 2.10 bits per heavy atom. The lowest BCUT2D eigenvalue weighted by atomic mass is 10.00. The minimum atomic E-state index is 0.0128. The van der Waals surface area contributed by atoms with Crippen LogP contribution in [0, 0.1) is 6.92 Å². The summed E-state index contributed by atoms with van der Waals surface area (Å²) in [4.78, 5) is 14.8. The predicted molar refractivity (Wildman–Crippen MR) is 112 cm³/mol. The van der Waals surface area contributed by atoms with Gasteiger partial charge in [-0.15, -0.1) is 0 Å². The largest absolute Gasteiger partial charge is 0.334 e. The summed E-state index contributed by atoms with van der Waals surface area (Å²) < 4.78 is 3.80. The number of aryl methyl sites for hydroxylation is 2. The number of likely N-dealkylation sites (tertiary alicyclic amines) is 1. The summed E-state index contributed by atoms with van der Waals surface area (Å²) in [5.74, 6) is 0. The van der Waals surface area contributed by atoms with Gasteiger partial charge in [-0.3, -0.25) is 4.68 Å². The number of amides is 2. The van der Waals surface area contributed by atoms with Crippen molar-refractivity contribution >= 4 is 6.03 Å². The second-order valence-electron chi connectivity index (χ2n) is 7.64. The van der Waals surface area contributed by atoms with Crippen LogP contribution < -0.4 is 5.32 Å². The maximum atomic E-state index is 12.8. The zero-order valence-electron chi connectivity index (χ0n) is 16.9. The van der Waals surface area contributed by atoms with Crippen molar-refractivity contribution in [2.75, 3.05) is 6.54 Å². The average molecular weight is 393 g/mol. The number of carbonyl (C=O) groups excluding carboxylic acids is 1. The van der Waals surface area contributed by atoms with E-state index in [2.05, 4.69) is 28.5 Å². The topological polar surface area (TPSA) is 68.0 Å². The molecule has 2 amide bonds. The second kappa shape index (κ2) is 8.94. The first-order valence-electron chi connectivity index (χ1n) is 10.3. The summed E-state index contributed by atoms with van der Waals surface area (Å²) in [6, 6.07) is 10.3. The van der Waals surface area contributed by atoms with Gasteiger partial charge in [0, 0.05) is 49.8 Å². The van der Waals surface area contributed by atoms with Crippen LogP contribution in [0.2, 0.25) is 0 Å². The third-order valence-corrected chi connectivity index (χ3v) is 5.58. The highest BCUT2D eigenvalue weighted by molar-refractivity contribution is 5.74. The van der Waals surface area contributed by atoms with E-state index < -0.39 is 0 Å². The van der Waals surface area contributed by atoms with Crippen molar-refractivity contribution in [2.24, 2.45) is 0 Å². The molecule has 7 nitrogen and oxygen atoms in total. The molecule has 0 unspecified atom stereocenters. The molecule has 1 saturated heterocycles. The molecule has 7 heteroatoms. The fraction of sp³-hybridized carbons (Fsp3) is 0.409. The number of nitrogens with one attached hydrogen (secondary N) is 1. The van der Waals surface area contributed by atoms with Crippen LogP contribution in [-0.2, 0) is 13.1 Å². The van der Waals surface area contributed by atoms with Crippen molar-refractivity contribution in [2.45, 2.75) is 51.7 Å². The minimum Gasteiger partial charge on any atom is -0.334 e. The highest BCUT2D eigenvalue weighted by Crippen LogP contribution is 2.20. The molecule has 0 saturated carbocycles. The molecule has 3 heterocycles. The van der Waals surface area contributed by atoms with Crippen LogP contribution in [0.5, 0.6) is 0 Å². The number of carbonyl (C=O) groups is 1. The van der Waals surface area contributed by atoms with Gasteiger partial charge < -0.3 is 10.2 Å². The molecule has 0 aliphatic carbocycles. The van der Waals surface area contributed by atoms with E-state index in [0.717, 1.165) is 43.6 Å². The Balaban J connectivity index is 1.34. The SMILES string of the molecule is Cc1ccccc1-n1cc(CNC(=O)N2CCCC[C@@H]2CCn2cccn2)cn1. The van der Waals surface area contributed by atoms with E-state index in [0.29, 0.717) is 6.54 Å². The van der Waals surface area contributed by atoms with E-state index in [-0.39, 0.29) is 12.1 Å². The summed E-state index contributed by atoms with van der Waals surface area (Å²) in [6.07, 6.45) is 11.8. The van der Waals surface area contributed by atoms with Crippen molar-refractivity contribution < 1.29 is 4.79 Å². The fourth-order valence-electron chi connectivity index (χ4n) is 3.96. The average Bonchev–Trinajstić information content (AvgIpc) is 3.43. The van der Waals surface area contributed by atoms with Crippen LogP contribution in [0.4, 0.5) is 4.79 Å². The van der Waals surface area contributed by atoms with Crippen LogP contribution in [-0.4, -0.2) is 43.1 Å². The number of aromatic nitrogens is 4. The molecular formula is C22H28N6O. The van der Waals surface area contributed by atoms with E-state index in [9.17, 15) is 4.79 Å². The first-order valence-corrected chi connectivity index (χ1v) is 10.3. The molecule has 0 spiro atoms. The molecule has 29 heavy (non-hydrogen) atoms. The molecule has 1 aromatic carbocycles. The highest BCUT2D eigenvalue weighted by atomic mass is 16.2.